The fourth-order valence-corrected chi connectivity index (χ4v) is 5.01. The van der Waals surface area contributed by atoms with Crippen molar-refractivity contribution in [3.8, 4) is 0 Å². The second kappa shape index (κ2) is 6.08. The summed E-state index contributed by atoms with van der Waals surface area (Å²) < 4.78 is 1.19. The summed E-state index contributed by atoms with van der Waals surface area (Å²) in [7, 11) is 0. The van der Waals surface area contributed by atoms with E-state index in [9.17, 15) is 4.79 Å². The molecule has 0 unspecified atom stereocenters. The highest BCUT2D eigenvalue weighted by atomic mass is 32.1. The minimum absolute atomic E-state index is 0.00458. The number of allylic oxidation sites excluding steroid dienone is 1. The molecule has 0 amide bonds. The van der Waals surface area contributed by atoms with Crippen LogP contribution >= 0.6 is 11.3 Å². The maximum Gasteiger partial charge on any atom is 0.200 e. The van der Waals surface area contributed by atoms with E-state index in [4.69, 9.17) is 0 Å². The Kier molecular flexibility index (Phi) is 3.58. The van der Waals surface area contributed by atoms with Crippen molar-refractivity contribution in [1.82, 2.24) is 0 Å². The van der Waals surface area contributed by atoms with Crippen molar-refractivity contribution in [3.05, 3.63) is 112 Å². The van der Waals surface area contributed by atoms with Crippen LogP contribution in [0.3, 0.4) is 0 Å². The van der Waals surface area contributed by atoms with Gasteiger partial charge in [0, 0.05) is 16.2 Å². The van der Waals surface area contributed by atoms with Crippen molar-refractivity contribution < 1.29 is 4.79 Å². The van der Waals surface area contributed by atoms with Crippen LogP contribution in [0.4, 0.5) is 0 Å². The number of hydrogen-bond donors (Lipinski definition) is 0. The Morgan fingerprint density at radius 3 is 2.19 bits per heavy atom. The van der Waals surface area contributed by atoms with E-state index in [1.54, 1.807) is 11.3 Å². The molecule has 1 aliphatic carbocycles. The Hall–Kier alpha value is -2.97. The minimum Gasteiger partial charge on any atom is -0.288 e. The summed E-state index contributed by atoms with van der Waals surface area (Å²) in [4.78, 5) is 14.2. The molecule has 1 aliphatic rings. The number of benzene rings is 3. The van der Waals surface area contributed by atoms with Crippen LogP contribution in [0.1, 0.15) is 32.3 Å². The molecule has 0 saturated carbocycles. The van der Waals surface area contributed by atoms with Gasteiger partial charge in [0.25, 0.3) is 0 Å². The molecule has 0 radical (unpaired) electrons. The van der Waals surface area contributed by atoms with E-state index in [1.807, 2.05) is 54.6 Å². The van der Waals surface area contributed by atoms with Crippen LogP contribution in [-0.4, -0.2) is 5.78 Å². The lowest BCUT2D eigenvalue weighted by atomic mass is 9.88. The average Bonchev–Trinajstić information content (AvgIpc) is 3.19. The zero-order valence-corrected chi connectivity index (χ0v) is 14.9. The Labute approximate surface area is 156 Å². The van der Waals surface area contributed by atoms with Crippen LogP contribution in [0.5, 0.6) is 0 Å². The summed E-state index contributed by atoms with van der Waals surface area (Å²) in [6.07, 6.45) is 2.06. The molecule has 1 aromatic heterocycles. The number of thiophene rings is 1. The highest BCUT2D eigenvalue weighted by Gasteiger charge is 2.38. The van der Waals surface area contributed by atoms with E-state index in [0.29, 0.717) is 0 Å². The van der Waals surface area contributed by atoms with Gasteiger partial charge in [-0.3, -0.25) is 4.79 Å². The molecule has 5 rings (SSSR count). The van der Waals surface area contributed by atoms with Gasteiger partial charge < -0.3 is 0 Å². The lowest BCUT2D eigenvalue weighted by molar-refractivity contribution is 0.104. The molecule has 2 heteroatoms. The Morgan fingerprint density at radius 1 is 0.769 bits per heavy atom. The molecule has 124 valence electrons. The highest BCUT2D eigenvalue weighted by molar-refractivity contribution is 7.21. The summed E-state index contributed by atoms with van der Waals surface area (Å²) in [6.45, 7) is 0. The van der Waals surface area contributed by atoms with E-state index >= 15 is 0 Å². The Balaban J connectivity index is 1.78. The largest absolute Gasteiger partial charge is 0.288 e. The minimum atomic E-state index is -0.00458. The molecular formula is C24H16OS. The molecule has 0 fully saturated rings. The van der Waals surface area contributed by atoms with Gasteiger partial charge in [-0.15, -0.1) is 11.3 Å². The first-order chi connectivity index (χ1) is 12.8. The molecule has 3 aromatic carbocycles. The molecule has 1 heterocycles. The predicted molar refractivity (Wildman–Crippen MR) is 109 cm³/mol. The smallest absolute Gasteiger partial charge is 0.200 e. The van der Waals surface area contributed by atoms with Gasteiger partial charge in [-0.1, -0.05) is 78.9 Å². The van der Waals surface area contributed by atoms with E-state index in [2.05, 4.69) is 36.4 Å². The Bertz CT molecular complexity index is 1140. The molecule has 0 spiro atoms. The van der Waals surface area contributed by atoms with Gasteiger partial charge in [-0.2, -0.15) is 0 Å². The van der Waals surface area contributed by atoms with Crippen LogP contribution in [0.15, 0.2) is 90.5 Å². The van der Waals surface area contributed by atoms with Crippen LogP contribution in [0.25, 0.3) is 16.2 Å². The SMILES string of the molecule is O=C1/C(=C/c2ccccc2)[C@H](c2ccccc2)c2c1sc1ccccc21. The van der Waals surface area contributed by atoms with Gasteiger partial charge >= 0.3 is 0 Å². The molecule has 0 saturated heterocycles. The lowest BCUT2D eigenvalue weighted by Crippen LogP contribution is -2.03. The van der Waals surface area contributed by atoms with Crippen molar-refractivity contribution in [3.63, 3.8) is 0 Å². The lowest BCUT2D eigenvalue weighted by Gasteiger charge is -2.14. The zero-order chi connectivity index (χ0) is 17.5. The van der Waals surface area contributed by atoms with Crippen LogP contribution < -0.4 is 0 Å². The first-order valence-corrected chi connectivity index (χ1v) is 9.52. The monoisotopic (exact) mass is 352 g/mol. The second-order valence-electron chi connectivity index (χ2n) is 6.52. The van der Waals surface area contributed by atoms with Gasteiger partial charge in [0.2, 0.25) is 0 Å². The number of rotatable bonds is 2. The van der Waals surface area contributed by atoms with Gasteiger partial charge in [-0.05, 0) is 34.2 Å². The predicted octanol–water partition coefficient (Wildman–Crippen LogP) is 6.31. The maximum atomic E-state index is 13.3. The van der Waals surface area contributed by atoms with E-state index < -0.39 is 0 Å². The van der Waals surface area contributed by atoms with E-state index in [0.717, 1.165) is 16.0 Å². The first kappa shape index (κ1) is 15.3. The molecular weight excluding hydrogens is 336 g/mol. The number of carbonyl (C=O) groups excluding carboxylic acids is 1. The fourth-order valence-electron chi connectivity index (χ4n) is 3.81. The first-order valence-electron chi connectivity index (χ1n) is 8.70. The summed E-state index contributed by atoms with van der Waals surface area (Å²) in [5, 5.41) is 1.20. The number of carbonyl (C=O) groups is 1. The third kappa shape index (κ3) is 2.34. The normalized spacial score (nSPS) is 17.8. The zero-order valence-electron chi connectivity index (χ0n) is 14.1. The van der Waals surface area contributed by atoms with Crippen molar-refractivity contribution in [2.24, 2.45) is 0 Å². The molecule has 1 nitrogen and oxygen atoms in total. The number of hydrogen-bond acceptors (Lipinski definition) is 2. The maximum absolute atomic E-state index is 13.3. The summed E-state index contributed by atoms with van der Waals surface area (Å²) in [5.74, 6) is 0.161. The summed E-state index contributed by atoms with van der Waals surface area (Å²) in [5.41, 5.74) is 4.28. The van der Waals surface area contributed by atoms with Gasteiger partial charge in [0.05, 0.1) is 4.88 Å². The molecule has 0 N–H and O–H groups in total. The average molecular weight is 352 g/mol. The van der Waals surface area contributed by atoms with Crippen molar-refractivity contribution >= 4 is 33.3 Å². The molecule has 4 aromatic rings. The highest BCUT2D eigenvalue weighted by Crippen LogP contribution is 2.49. The fraction of sp³-hybridized carbons (Fsp3) is 0.0417. The third-order valence-electron chi connectivity index (χ3n) is 4.96. The standard InChI is InChI=1S/C24H16OS/c25-23-19(15-16-9-3-1-4-10-16)21(17-11-5-2-6-12-17)22-18-13-7-8-14-20(18)26-24(22)23/h1-15,21H/b19-15+/t21-/m0/s1. The summed E-state index contributed by atoms with van der Waals surface area (Å²) in [6, 6.07) is 28.8. The number of Topliss-reactive ketones (excluding diaryl/α,β-unsaturated/α-hetero) is 1. The van der Waals surface area contributed by atoms with Crippen LogP contribution in [0.2, 0.25) is 0 Å². The molecule has 0 bridgehead atoms. The van der Waals surface area contributed by atoms with Crippen LogP contribution in [0, 0.1) is 0 Å². The van der Waals surface area contributed by atoms with Gasteiger partial charge in [0.1, 0.15) is 0 Å². The molecule has 0 aliphatic heterocycles. The molecule has 1 atom stereocenters. The van der Waals surface area contributed by atoms with E-state index in [-0.39, 0.29) is 11.7 Å². The van der Waals surface area contributed by atoms with E-state index in [1.165, 1.54) is 21.2 Å². The number of ketones is 1. The third-order valence-corrected chi connectivity index (χ3v) is 6.14. The Morgan fingerprint density at radius 2 is 1.42 bits per heavy atom. The van der Waals surface area contributed by atoms with Crippen molar-refractivity contribution in [2.75, 3.05) is 0 Å². The molecule has 26 heavy (non-hydrogen) atoms. The quantitative estimate of drug-likeness (QED) is 0.386. The topological polar surface area (TPSA) is 17.1 Å². The van der Waals surface area contributed by atoms with Crippen molar-refractivity contribution in [2.45, 2.75) is 5.92 Å². The number of fused-ring (bicyclic) bond motifs is 3. The second-order valence-corrected chi connectivity index (χ2v) is 7.58. The summed E-state index contributed by atoms with van der Waals surface area (Å²) >= 11 is 1.62. The van der Waals surface area contributed by atoms with Crippen LogP contribution in [-0.2, 0) is 0 Å². The van der Waals surface area contributed by atoms with Crippen molar-refractivity contribution in [1.29, 1.82) is 0 Å². The van der Waals surface area contributed by atoms with Gasteiger partial charge in [-0.25, -0.2) is 0 Å². The van der Waals surface area contributed by atoms with Gasteiger partial charge in [0.15, 0.2) is 5.78 Å².